The van der Waals surface area contributed by atoms with Crippen molar-refractivity contribution in [3.05, 3.63) is 29.3 Å². The van der Waals surface area contributed by atoms with Gasteiger partial charge in [0.15, 0.2) is 0 Å². The van der Waals surface area contributed by atoms with Crippen molar-refractivity contribution in [3.8, 4) is 5.75 Å². The molecule has 0 atom stereocenters. The van der Waals surface area contributed by atoms with Crippen molar-refractivity contribution in [1.29, 1.82) is 0 Å². The van der Waals surface area contributed by atoms with Gasteiger partial charge in [-0.25, -0.2) is 0 Å². The number of aromatic hydroxyl groups is 1. The first-order valence-electron chi connectivity index (χ1n) is 3.48. The lowest BCUT2D eigenvalue weighted by Crippen LogP contribution is -1.92. The Balaban J connectivity index is 3.11. The predicted molar refractivity (Wildman–Crippen MR) is 43.3 cm³/mol. The second-order valence-corrected chi connectivity index (χ2v) is 2.37. The maximum absolute atomic E-state index is 10.4. The monoisotopic (exact) mass is 164 g/mol. The van der Waals surface area contributed by atoms with Crippen LogP contribution in [0, 0.1) is 0 Å². The van der Waals surface area contributed by atoms with Gasteiger partial charge in [0.25, 0.3) is 0 Å². The average molecular weight is 164 g/mol. The fraction of sp³-hybridized carbons (Fsp3) is 0.111. The highest BCUT2D eigenvalue weighted by molar-refractivity contribution is 5.79. The number of aldehydes is 2. The highest BCUT2D eigenvalue weighted by Gasteiger charge is 2.01. The van der Waals surface area contributed by atoms with Gasteiger partial charge in [0.1, 0.15) is 18.3 Å². The lowest BCUT2D eigenvalue weighted by Gasteiger charge is -2.00. The van der Waals surface area contributed by atoms with Crippen LogP contribution < -0.4 is 0 Å². The molecule has 0 aliphatic rings. The Morgan fingerprint density at radius 1 is 1.33 bits per heavy atom. The van der Waals surface area contributed by atoms with Crippen molar-refractivity contribution in [3.63, 3.8) is 0 Å². The first-order valence-corrected chi connectivity index (χ1v) is 3.48. The highest BCUT2D eigenvalue weighted by atomic mass is 16.3. The molecule has 0 aromatic heterocycles. The molecule has 1 N–H and O–H groups in total. The van der Waals surface area contributed by atoms with Crippen molar-refractivity contribution in [2.24, 2.45) is 0 Å². The minimum absolute atomic E-state index is 0.0671. The zero-order valence-corrected chi connectivity index (χ0v) is 6.36. The Hall–Kier alpha value is -1.64. The van der Waals surface area contributed by atoms with Crippen LogP contribution in [0.3, 0.4) is 0 Å². The molecule has 0 aliphatic heterocycles. The molecule has 0 amide bonds. The molecular formula is C9H8O3. The van der Waals surface area contributed by atoms with Crippen molar-refractivity contribution in [1.82, 2.24) is 0 Å². The van der Waals surface area contributed by atoms with Crippen molar-refractivity contribution >= 4 is 12.6 Å². The highest BCUT2D eigenvalue weighted by Crippen LogP contribution is 2.14. The number of phenolic OH excluding ortho intramolecular Hbond substituents is 1. The summed E-state index contributed by atoms with van der Waals surface area (Å²) in [4.78, 5) is 20.6. The molecule has 3 nitrogen and oxygen atoms in total. The van der Waals surface area contributed by atoms with Gasteiger partial charge in [-0.15, -0.1) is 0 Å². The maximum atomic E-state index is 10.4. The molecule has 0 radical (unpaired) electrons. The number of carbonyl (C=O) groups is 2. The average Bonchev–Trinajstić information content (AvgIpc) is 2.05. The molecule has 1 aromatic carbocycles. The van der Waals surface area contributed by atoms with E-state index in [4.69, 9.17) is 5.11 Å². The standard InChI is InChI=1S/C9H8O3/c10-4-3-7-5-9(12)2-1-8(7)6-11/h1-2,4-6,12H,3H2. The van der Waals surface area contributed by atoms with Crippen LogP contribution in [-0.2, 0) is 11.2 Å². The third-order valence-corrected chi connectivity index (χ3v) is 1.56. The van der Waals surface area contributed by atoms with Gasteiger partial charge < -0.3 is 9.90 Å². The van der Waals surface area contributed by atoms with E-state index in [9.17, 15) is 9.59 Å². The van der Waals surface area contributed by atoms with Crippen LogP contribution in [0.25, 0.3) is 0 Å². The molecule has 0 bridgehead atoms. The Morgan fingerprint density at radius 3 is 2.67 bits per heavy atom. The molecule has 0 heterocycles. The van der Waals surface area contributed by atoms with Gasteiger partial charge in [-0.1, -0.05) is 0 Å². The number of benzene rings is 1. The maximum Gasteiger partial charge on any atom is 0.150 e. The minimum Gasteiger partial charge on any atom is -0.508 e. The van der Waals surface area contributed by atoms with E-state index in [0.717, 1.165) is 0 Å². The van der Waals surface area contributed by atoms with E-state index < -0.39 is 0 Å². The lowest BCUT2D eigenvalue weighted by atomic mass is 10.1. The van der Waals surface area contributed by atoms with Crippen LogP contribution in [0.5, 0.6) is 5.75 Å². The van der Waals surface area contributed by atoms with Gasteiger partial charge in [0.05, 0.1) is 0 Å². The molecule has 3 heteroatoms. The summed E-state index contributed by atoms with van der Waals surface area (Å²) in [6.45, 7) is 0. The minimum atomic E-state index is 0.0671. The van der Waals surface area contributed by atoms with E-state index in [2.05, 4.69) is 0 Å². The van der Waals surface area contributed by atoms with Crippen LogP contribution in [0.2, 0.25) is 0 Å². The third kappa shape index (κ3) is 1.69. The van der Waals surface area contributed by atoms with E-state index in [1.165, 1.54) is 18.2 Å². The second-order valence-electron chi connectivity index (χ2n) is 2.37. The quantitative estimate of drug-likeness (QED) is 0.676. The molecule has 62 valence electrons. The normalized spacial score (nSPS) is 9.33. The number of hydrogen-bond donors (Lipinski definition) is 1. The summed E-state index contributed by atoms with van der Waals surface area (Å²) in [5.74, 6) is 0.0671. The molecular weight excluding hydrogens is 156 g/mol. The summed E-state index contributed by atoms with van der Waals surface area (Å²) >= 11 is 0. The van der Waals surface area contributed by atoms with Crippen LogP contribution in [0.15, 0.2) is 18.2 Å². The van der Waals surface area contributed by atoms with Crippen molar-refractivity contribution < 1.29 is 14.7 Å². The molecule has 1 rings (SSSR count). The van der Waals surface area contributed by atoms with E-state index in [-0.39, 0.29) is 12.2 Å². The lowest BCUT2D eigenvalue weighted by molar-refractivity contribution is -0.107. The Kier molecular flexibility index (Phi) is 2.58. The third-order valence-electron chi connectivity index (χ3n) is 1.56. The molecule has 0 aliphatic carbocycles. The zero-order chi connectivity index (χ0) is 8.97. The molecule has 1 aromatic rings. The van der Waals surface area contributed by atoms with Gasteiger partial charge in [-0.2, -0.15) is 0 Å². The Morgan fingerprint density at radius 2 is 2.08 bits per heavy atom. The predicted octanol–water partition coefficient (Wildman–Crippen LogP) is 0.946. The van der Waals surface area contributed by atoms with Crippen molar-refractivity contribution in [2.45, 2.75) is 6.42 Å². The fourth-order valence-corrected chi connectivity index (χ4v) is 0.974. The van der Waals surface area contributed by atoms with Crippen molar-refractivity contribution in [2.75, 3.05) is 0 Å². The molecule has 0 saturated heterocycles. The van der Waals surface area contributed by atoms with Gasteiger partial charge in [0, 0.05) is 12.0 Å². The summed E-state index contributed by atoms with van der Waals surface area (Å²) < 4.78 is 0. The number of hydrogen-bond acceptors (Lipinski definition) is 3. The van der Waals surface area contributed by atoms with E-state index in [1.807, 2.05) is 0 Å². The molecule has 0 unspecified atom stereocenters. The summed E-state index contributed by atoms with van der Waals surface area (Å²) in [5.41, 5.74) is 1.000. The van der Waals surface area contributed by atoms with Crippen LogP contribution in [0.4, 0.5) is 0 Å². The summed E-state index contributed by atoms with van der Waals surface area (Å²) in [6.07, 6.45) is 1.52. The number of phenols is 1. The SMILES string of the molecule is O=CCc1cc(O)ccc1C=O. The van der Waals surface area contributed by atoms with Gasteiger partial charge >= 0.3 is 0 Å². The van der Waals surface area contributed by atoms with Gasteiger partial charge in [-0.3, -0.25) is 4.79 Å². The Labute approximate surface area is 69.6 Å². The molecule has 12 heavy (non-hydrogen) atoms. The van der Waals surface area contributed by atoms with Crippen LogP contribution in [0.1, 0.15) is 15.9 Å². The summed E-state index contributed by atoms with van der Waals surface area (Å²) in [5, 5.41) is 9.03. The fourth-order valence-electron chi connectivity index (χ4n) is 0.974. The summed E-state index contributed by atoms with van der Waals surface area (Å²) in [6, 6.07) is 4.32. The molecule has 0 spiro atoms. The van der Waals surface area contributed by atoms with E-state index in [1.54, 1.807) is 0 Å². The number of rotatable bonds is 3. The van der Waals surface area contributed by atoms with E-state index >= 15 is 0 Å². The smallest absolute Gasteiger partial charge is 0.150 e. The zero-order valence-electron chi connectivity index (χ0n) is 6.36. The first-order chi connectivity index (χ1) is 5.77. The van der Waals surface area contributed by atoms with Gasteiger partial charge in [0.2, 0.25) is 0 Å². The summed E-state index contributed by atoms with van der Waals surface area (Å²) in [7, 11) is 0. The topological polar surface area (TPSA) is 54.4 Å². The van der Waals surface area contributed by atoms with E-state index in [0.29, 0.717) is 23.7 Å². The molecule has 0 fully saturated rings. The second kappa shape index (κ2) is 3.67. The van der Waals surface area contributed by atoms with Gasteiger partial charge in [-0.05, 0) is 23.8 Å². The number of carbonyl (C=O) groups excluding carboxylic acids is 2. The molecule has 0 saturated carbocycles. The van der Waals surface area contributed by atoms with Crippen LogP contribution in [-0.4, -0.2) is 17.7 Å². The van der Waals surface area contributed by atoms with Crippen LogP contribution >= 0.6 is 0 Å². The Bertz CT molecular complexity index is 305. The largest absolute Gasteiger partial charge is 0.508 e. The first kappa shape index (κ1) is 8.46.